The Labute approximate surface area is 118 Å². The average Bonchev–Trinajstić information content (AvgIpc) is 2.94. The summed E-state index contributed by atoms with van der Waals surface area (Å²) in [4.78, 5) is 10.5. The molecule has 108 valence electrons. The zero-order valence-electron chi connectivity index (χ0n) is 11.9. The maximum atomic E-state index is 10.2. The van der Waals surface area contributed by atoms with Crippen molar-refractivity contribution in [3.8, 4) is 0 Å². The first-order valence-corrected chi connectivity index (χ1v) is 6.96. The van der Waals surface area contributed by atoms with Crippen molar-refractivity contribution in [3.63, 3.8) is 0 Å². The van der Waals surface area contributed by atoms with Crippen molar-refractivity contribution in [1.29, 1.82) is 0 Å². The van der Waals surface area contributed by atoms with Crippen molar-refractivity contribution >= 4 is 16.9 Å². The standard InChI is InChI=1S/C14H21N5O/c1-18(2)7-9-5-10(6-12(9)20)19-4-3-11-13(15)16-8-17-14(11)19/h3-4,8-10,12,20H,5-7H2,1-2H3,(H2,15,16,17)/t9-,10-,12+/m1/s1. The Bertz CT molecular complexity index is 609. The molecule has 3 atom stereocenters. The molecule has 1 aliphatic rings. The molecule has 2 aromatic rings. The number of hydrogen-bond donors (Lipinski definition) is 2. The zero-order valence-corrected chi connectivity index (χ0v) is 11.9. The Balaban J connectivity index is 1.88. The third-order valence-corrected chi connectivity index (χ3v) is 4.17. The van der Waals surface area contributed by atoms with E-state index in [1.165, 1.54) is 6.33 Å². The molecule has 6 heteroatoms. The quantitative estimate of drug-likeness (QED) is 0.869. The van der Waals surface area contributed by atoms with E-state index in [4.69, 9.17) is 5.73 Å². The number of rotatable bonds is 3. The number of nitrogen functional groups attached to an aromatic ring is 1. The Hall–Kier alpha value is -1.66. The molecule has 2 aromatic heterocycles. The third kappa shape index (κ3) is 2.25. The van der Waals surface area contributed by atoms with Crippen LogP contribution >= 0.6 is 0 Å². The second-order valence-corrected chi connectivity index (χ2v) is 5.93. The summed E-state index contributed by atoms with van der Waals surface area (Å²) in [6.07, 6.45) is 4.99. The summed E-state index contributed by atoms with van der Waals surface area (Å²) < 4.78 is 2.13. The Kier molecular flexibility index (Phi) is 3.35. The zero-order chi connectivity index (χ0) is 14.3. The van der Waals surface area contributed by atoms with Crippen LogP contribution in [0.4, 0.5) is 5.82 Å². The molecular formula is C14H21N5O. The van der Waals surface area contributed by atoms with Gasteiger partial charge in [-0.15, -0.1) is 0 Å². The minimum Gasteiger partial charge on any atom is -0.393 e. The van der Waals surface area contributed by atoms with Crippen molar-refractivity contribution in [2.75, 3.05) is 26.4 Å². The van der Waals surface area contributed by atoms with Crippen LogP contribution in [0.15, 0.2) is 18.6 Å². The van der Waals surface area contributed by atoms with Gasteiger partial charge >= 0.3 is 0 Å². The number of hydrogen-bond acceptors (Lipinski definition) is 5. The molecule has 20 heavy (non-hydrogen) atoms. The van der Waals surface area contributed by atoms with E-state index >= 15 is 0 Å². The maximum Gasteiger partial charge on any atom is 0.145 e. The van der Waals surface area contributed by atoms with Crippen LogP contribution in [-0.4, -0.2) is 51.3 Å². The topological polar surface area (TPSA) is 80.2 Å². The van der Waals surface area contributed by atoms with Gasteiger partial charge in [0.1, 0.15) is 17.8 Å². The lowest BCUT2D eigenvalue weighted by Gasteiger charge is -2.19. The summed E-state index contributed by atoms with van der Waals surface area (Å²) in [5.41, 5.74) is 6.73. The molecule has 0 aliphatic heterocycles. The minimum atomic E-state index is -0.251. The second kappa shape index (κ2) is 5.03. The summed E-state index contributed by atoms with van der Waals surface area (Å²) in [5, 5.41) is 11.1. The molecule has 2 heterocycles. The van der Waals surface area contributed by atoms with Crippen molar-refractivity contribution in [1.82, 2.24) is 19.4 Å². The number of aliphatic hydroxyl groups is 1. The SMILES string of the molecule is CN(C)C[C@H]1C[C@@H](n2ccc3c(N)ncnc32)C[C@@H]1O. The fourth-order valence-electron chi connectivity index (χ4n) is 3.25. The smallest absolute Gasteiger partial charge is 0.145 e. The average molecular weight is 275 g/mol. The molecule has 3 rings (SSSR count). The molecule has 3 N–H and O–H groups in total. The number of aromatic nitrogens is 3. The number of nitrogens with zero attached hydrogens (tertiary/aromatic N) is 4. The first kappa shape index (κ1) is 13.3. The molecule has 1 saturated carbocycles. The lowest BCUT2D eigenvalue weighted by Crippen LogP contribution is -2.26. The molecule has 1 aliphatic carbocycles. The largest absolute Gasteiger partial charge is 0.393 e. The van der Waals surface area contributed by atoms with Crippen LogP contribution in [0.5, 0.6) is 0 Å². The van der Waals surface area contributed by atoms with E-state index in [1.54, 1.807) is 0 Å². The summed E-state index contributed by atoms with van der Waals surface area (Å²) in [5.74, 6) is 0.823. The first-order chi connectivity index (χ1) is 9.56. The monoisotopic (exact) mass is 275 g/mol. The van der Waals surface area contributed by atoms with Crippen molar-refractivity contribution in [2.45, 2.75) is 25.0 Å². The highest BCUT2D eigenvalue weighted by Crippen LogP contribution is 2.37. The van der Waals surface area contributed by atoms with E-state index in [-0.39, 0.29) is 12.1 Å². The predicted octanol–water partition coefficient (Wildman–Crippen LogP) is 0.887. The second-order valence-electron chi connectivity index (χ2n) is 5.93. The molecule has 0 bridgehead atoms. The lowest BCUT2D eigenvalue weighted by molar-refractivity contribution is 0.114. The van der Waals surface area contributed by atoms with E-state index in [0.29, 0.717) is 11.7 Å². The van der Waals surface area contributed by atoms with E-state index in [0.717, 1.165) is 30.4 Å². The molecule has 1 fully saturated rings. The number of fused-ring (bicyclic) bond motifs is 1. The molecule has 0 unspecified atom stereocenters. The van der Waals surface area contributed by atoms with Crippen LogP contribution in [0.25, 0.3) is 11.0 Å². The van der Waals surface area contributed by atoms with Crippen LogP contribution in [0.1, 0.15) is 18.9 Å². The third-order valence-electron chi connectivity index (χ3n) is 4.17. The van der Waals surface area contributed by atoms with Crippen LogP contribution in [0.2, 0.25) is 0 Å². The van der Waals surface area contributed by atoms with Crippen molar-refractivity contribution in [2.24, 2.45) is 5.92 Å². The van der Waals surface area contributed by atoms with E-state index in [9.17, 15) is 5.11 Å². The van der Waals surface area contributed by atoms with E-state index < -0.39 is 0 Å². The number of anilines is 1. The van der Waals surface area contributed by atoms with Gasteiger partial charge in [0.05, 0.1) is 11.5 Å². The Morgan fingerprint density at radius 2 is 2.20 bits per heavy atom. The summed E-state index contributed by atoms with van der Waals surface area (Å²) in [6, 6.07) is 2.23. The van der Waals surface area contributed by atoms with Gasteiger partial charge in [-0.1, -0.05) is 0 Å². The van der Waals surface area contributed by atoms with Crippen LogP contribution in [0.3, 0.4) is 0 Å². The highest BCUT2D eigenvalue weighted by molar-refractivity contribution is 5.86. The van der Waals surface area contributed by atoms with Crippen LogP contribution < -0.4 is 5.73 Å². The molecule has 0 aromatic carbocycles. The van der Waals surface area contributed by atoms with Gasteiger partial charge in [0, 0.05) is 18.8 Å². The van der Waals surface area contributed by atoms with Gasteiger partial charge in [0.25, 0.3) is 0 Å². The van der Waals surface area contributed by atoms with Gasteiger partial charge in [-0.3, -0.25) is 0 Å². The molecule has 6 nitrogen and oxygen atoms in total. The highest BCUT2D eigenvalue weighted by atomic mass is 16.3. The maximum absolute atomic E-state index is 10.2. The van der Waals surface area contributed by atoms with Gasteiger partial charge in [-0.2, -0.15) is 0 Å². The molecular weight excluding hydrogens is 254 g/mol. The molecule has 0 amide bonds. The number of nitrogens with two attached hydrogens (primary N) is 1. The fourth-order valence-corrected chi connectivity index (χ4v) is 3.25. The minimum absolute atomic E-state index is 0.251. The predicted molar refractivity (Wildman–Crippen MR) is 78.3 cm³/mol. The van der Waals surface area contributed by atoms with Gasteiger partial charge in [0.15, 0.2) is 0 Å². The summed E-state index contributed by atoms with van der Waals surface area (Å²) in [6.45, 7) is 0.911. The highest BCUT2D eigenvalue weighted by Gasteiger charge is 2.34. The lowest BCUT2D eigenvalue weighted by atomic mass is 10.1. The van der Waals surface area contributed by atoms with Crippen molar-refractivity contribution < 1.29 is 5.11 Å². The number of aliphatic hydroxyl groups excluding tert-OH is 1. The Morgan fingerprint density at radius 3 is 2.95 bits per heavy atom. The van der Waals surface area contributed by atoms with Gasteiger partial charge in [-0.05, 0) is 38.9 Å². The molecule has 0 saturated heterocycles. The molecule has 0 radical (unpaired) electrons. The molecule has 0 spiro atoms. The summed E-state index contributed by atoms with van der Waals surface area (Å²) in [7, 11) is 4.08. The van der Waals surface area contributed by atoms with Gasteiger partial charge in [0.2, 0.25) is 0 Å². The fraction of sp³-hybridized carbons (Fsp3) is 0.571. The van der Waals surface area contributed by atoms with Gasteiger partial charge in [-0.25, -0.2) is 9.97 Å². The van der Waals surface area contributed by atoms with E-state index in [2.05, 4.69) is 19.4 Å². The van der Waals surface area contributed by atoms with Crippen LogP contribution in [0, 0.1) is 5.92 Å². The van der Waals surface area contributed by atoms with Gasteiger partial charge < -0.3 is 20.3 Å². The van der Waals surface area contributed by atoms with Crippen LogP contribution in [-0.2, 0) is 0 Å². The van der Waals surface area contributed by atoms with Crippen molar-refractivity contribution in [3.05, 3.63) is 18.6 Å². The normalized spacial score (nSPS) is 26.7. The first-order valence-electron chi connectivity index (χ1n) is 6.96. The summed E-state index contributed by atoms with van der Waals surface area (Å²) >= 11 is 0. The van der Waals surface area contributed by atoms with E-state index in [1.807, 2.05) is 26.4 Å². The Morgan fingerprint density at radius 1 is 1.40 bits per heavy atom.